The second-order valence-corrected chi connectivity index (χ2v) is 18.2. The van der Waals surface area contributed by atoms with Crippen molar-refractivity contribution < 1.29 is 23.5 Å². The summed E-state index contributed by atoms with van der Waals surface area (Å²) in [6.07, 6.45) is 0. The Bertz CT molecular complexity index is 1510. The van der Waals surface area contributed by atoms with Gasteiger partial charge >= 0.3 is 20.2 Å². The van der Waals surface area contributed by atoms with Crippen LogP contribution in [0.2, 0.25) is 0 Å². The molecule has 0 bridgehead atoms. The largest absolute Gasteiger partial charge is 0.381 e. The molecule has 39 heavy (non-hydrogen) atoms. The Morgan fingerprint density at radius 2 is 0.974 bits per heavy atom. The highest BCUT2D eigenvalue weighted by atomic mass is 127. The van der Waals surface area contributed by atoms with Crippen LogP contribution in [0.5, 0.6) is 5.75 Å². The second-order valence-electron chi connectivity index (χ2n) is 9.79. The SMILES string of the molecule is CC(C)(C)c1ccc(OS(=O)(=O)C(S(c2ccccc2)(c2ccccc2)c2ccccc2)S(=O)(=O)OI)cc1. The third kappa shape index (κ3) is 6.04. The summed E-state index contributed by atoms with van der Waals surface area (Å²) in [6.45, 7) is 6.12. The van der Waals surface area contributed by atoms with E-state index in [-0.39, 0.29) is 11.2 Å². The van der Waals surface area contributed by atoms with Crippen LogP contribution in [0.25, 0.3) is 0 Å². The number of rotatable bonds is 9. The molecule has 0 saturated heterocycles. The molecule has 0 N–H and O–H groups in total. The van der Waals surface area contributed by atoms with Crippen molar-refractivity contribution in [2.24, 2.45) is 0 Å². The Labute approximate surface area is 246 Å². The van der Waals surface area contributed by atoms with E-state index in [2.05, 4.69) is 0 Å². The zero-order chi connectivity index (χ0) is 28.3. The summed E-state index contributed by atoms with van der Waals surface area (Å²) in [5.74, 6) is 0.0131. The molecule has 0 amide bonds. The predicted octanol–water partition coefficient (Wildman–Crippen LogP) is 7.65. The van der Waals surface area contributed by atoms with Gasteiger partial charge in [-0.25, -0.2) is 0 Å². The molecule has 0 heterocycles. The molecule has 206 valence electrons. The number of hydrogen-bond donors (Lipinski definition) is 0. The summed E-state index contributed by atoms with van der Waals surface area (Å²) < 4.78 is 64.7. The van der Waals surface area contributed by atoms with Gasteiger partial charge in [0.2, 0.25) is 0 Å². The number of benzene rings is 4. The van der Waals surface area contributed by atoms with Gasteiger partial charge in [0, 0.05) is 14.7 Å². The molecule has 0 aliphatic rings. The minimum atomic E-state index is -4.88. The van der Waals surface area contributed by atoms with Gasteiger partial charge in [0.15, 0.2) is 0 Å². The Kier molecular flexibility index (Phi) is 8.82. The van der Waals surface area contributed by atoms with E-state index in [9.17, 15) is 16.8 Å². The standard InChI is InChI=1S/C29H29IO6S3/c1-29(2,3)23-19-21-24(22-20-23)35-38(31,32)28(39(33,34)36-30)37(25-13-7-4-8-14-25,26-15-9-5-10-16-26)27-17-11-6-12-18-27/h4-22,28H,1-3H3. The van der Waals surface area contributed by atoms with Crippen molar-refractivity contribution in [2.45, 2.75) is 44.8 Å². The van der Waals surface area contributed by atoms with Crippen LogP contribution < -0.4 is 4.18 Å². The normalized spacial score (nSPS) is 13.9. The molecule has 1 unspecified atom stereocenters. The summed E-state index contributed by atoms with van der Waals surface area (Å²) in [7, 11) is -12.7. The first kappa shape index (κ1) is 29.6. The summed E-state index contributed by atoms with van der Waals surface area (Å²) in [6, 6.07) is 33.1. The van der Waals surface area contributed by atoms with Crippen molar-refractivity contribution in [3.8, 4) is 5.75 Å². The van der Waals surface area contributed by atoms with Gasteiger partial charge in [-0.15, -0.1) is 10.0 Å². The van der Waals surface area contributed by atoms with Crippen molar-refractivity contribution >= 4 is 53.3 Å². The molecule has 0 aromatic heterocycles. The first-order chi connectivity index (χ1) is 18.4. The van der Waals surface area contributed by atoms with Crippen molar-refractivity contribution in [1.82, 2.24) is 0 Å². The van der Waals surface area contributed by atoms with Crippen LogP contribution in [0.1, 0.15) is 26.3 Å². The molecule has 10 heteroatoms. The maximum Gasteiger partial charge on any atom is 0.338 e. The molecule has 0 saturated carbocycles. The van der Waals surface area contributed by atoms with Crippen LogP contribution in [0, 0.1) is 0 Å². The van der Waals surface area contributed by atoms with Gasteiger partial charge in [-0.1, -0.05) is 87.5 Å². The van der Waals surface area contributed by atoms with Gasteiger partial charge in [0.25, 0.3) is 3.91 Å². The lowest BCUT2D eigenvalue weighted by Crippen LogP contribution is -2.38. The molecular weight excluding hydrogens is 667 g/mol. The summed E-state index contributed by atoms with van der Waals surface area (Å²) in [4.78, 5) is 1.58. The minimum absolute atomic E-state index is 0.0131. The molecule has 4 aromatic rings. The van der Waals surface area contributed by atoms with Crippen LogP contribution >= 0.6 is 33.0 Å². The number of hydrogen-bond acceptors (Lipinski definition) is 6. The molecule has 4 rings (SSSR count). The van der Waals surface area contributed by atoms with Gasteiger partial charge < -0.3 is 4.18 Å². The fraction of sp³-hybridized carbons (Fsp3) is 0.172. The number of halogens is 1. The summed E-state index contributed by atoms with van der Waals surface area (Å²) in [5.41, 5.74) is 0.816. The third-order valence-corrected chi connectivity index (χ3v) is 17.4. The van der Waals surface area contributed by atoms with E-state index < -0.39 is 34.2 Å². The van der Waals surface area contributed by atoms with Crippen LogP contribution in [0.3, 0.4) is 0 Å². The highest BCUT2D eigenvalue weighted by Crippen LogP contribution is 2.73. The van der Waals surface area contributed by atoms with E-state index in [0.29, 0.717) is 14.7 Å². The predicted molar refractivity (Wildman–Crippen MR) is 164 cm³/mol. The average Bonchev–Trinajstić information content (AvgIpc) is 2.92. The Hall–Kier alpha value is -2.38. The minimum Gasteiger partial charge on any atom is -0.381 e. The zero-order valence-corrected chi connectivity index (χ0v) is 26.2. The van der Waals surface area contributed by atoms with E-state index in [1.54, 1.807) is 103 Å². The van der Waals surface area contributed by atoms with E-state index in [0.717, 1.165) is 5.56 Å². The monoisotopic (exact) mass is 696 g/mol. The fourth-order valence-electron chi connectivity index (χ4n) is 4.36. The molecule has 1 atom stereocenters. The highest BCUT2D eigenvalue weighted by Gasteiger charge is 2.56. The van der Waals surface area contributed by atoms with E-state index in [1.807, 2.05) is 20.8 Å². The Morgan fingerprint density at radius 1 is 0.590 bits per heavy atom. The van der Waals surface area contributed by atoms with Gasteiger partial charge in [-0.2, -0.15) is 19.3 Å². The fourth-order valence-corrected chi connectivity index (χ4v) is 16.0. The van der Waals surface area contributed by atoms with Crippen molar-refractivity contribution in [3.05, 3.63) is 121 Å². The van der Waals surface area contributed by atoms with E-state index >= 15 is 0 Å². The quantitative estimate of drug-likeness (QED) is 0.132. The average molecular weight is 697 g/mol. The Morgan fingerprint density at radius 3 is 1.31 bits per heavy atom. The topological polar surface area (TPSA) is 86.7 Å². The Balaban J connectivity index is 2.05. The lowest BCUT2D eigenvalue weighted by Gasteiger charge is -2.44. The molecule has 0 spiro atoms. The molecule has 6 nitrogen and oxygen atoms in total. The third-order valence-electron chi connectivity index (χ3n) is 6.13. The first-order valence-corrected chi connectivity index (χ1v) is 17.5. The van der Waals surface area contributed by atoms with Crippen LogP contribution in [0.15, 0.2) is 130 Å². The van der Waals surface area contributed by atoms with E-state index in [4.69, 9.17) is 6.70 Å². The lowest BCUT2D eigenvalue weighted by atomic mass is 9.87. The van der Waals surface area contributed by atoms with E-state index in [1.165, 1.54) is 35.1 Å². The summed E-state index contributed by atoms with van der Waals surface area (Å²) in [5, 5.41) is 0. The van der Waals surface area contributed by atoms with Gasteiger partial charge in [0.1, 0.15) is 28.8 Å². The van der Waals surface area contributed by atoms with Gasteiger partial charge in [0.05, 0.1) is 0 Å². The summed E-state index contributed by atoms with van der Waals surface area (Å²) >= 11 is 1.23. The van der Waals surface area contributed by atoms with Crippen molar-refractivity contribution in [3.63, 3.8) is 0 Å². The maximum atomic E-state index is 14.3. The van der Waals surface area contributed by atoms with Crippen LogP contribution in [0.4, 0.5) is 0 Å². The molecule has 0 radical (unpaired) electrons. The molecule has 0 aliphatic heterocycles. The van der Waals surface area contributed by atoms with Crippen LogP contribution in [-0.4, -0.2) is 20.7 Å². The molecular formula is C29H29IO6S3. The van der Waals surface area contributed by atoms with Gasteiger partial charge in [-0.3, -0.25) is 0 Å². The maximum absolute atomic E-state index is 14.3. The smallest absolute Gasteiger partial charge is 0.338 e. The van der Waals surface area contributed by atoms with Crippen molar-refractivity contribution in [2.75, 3.05) is 0 Å². The molecule has 4 aromatic carbocycles. The lowest BCUT2D eigenvalue weighted by molar-refractivity contribution is 0.483. The first-order valence-electron chi connectivity index (χ1n) is 12.0. The van der Waals surface area contributed by atoms with Gasteiger partial charge in [-0.05, 0) is 59.5 Å². The second kappa shape index (κ2) is 11.6. The molecule has 0 aliphatic carbocycles. The zero-order valence-electron chi connectivity index (χ0n) is 21.6. The van der Waals surface area contributed by atoms with Crippen LogP contribution in [-0.2, 0) is 28.2 Å². The highest BCUT2D eigenvalue weighted by molar-refractivity contribution is 14.1. The molecule has 0 fully saturated rings. The van der Waals surface area contributed by atoms with Crippen molar-refractivity contribution in [1.29, 1.82) is 0 Å².